The number of furan rings is 1. The van der Waals surface area contributed by atoms with Crippen LogP contribution in [0.1, 0.15) is 55.7 Å². The van der Waals surface area contributed by atoms with E-state index in [-0.39, 0.29) is 10.8 Å². The van der Waals surface area contributed by atoms with Crippen LogP contribution in [0.2, 0.25) is 0 Å². The van der Waals surface area contributed by atoms with Gasteiger partial charge in [-0.15, -0.1) is 11.6 Å². The molecule has 0 aliphatic heterocycles. The highest BCUT2D eigenvalue weighted by atomic mass is 35.5. The van der Waals surface area contributed by atoms with Crippen molar-refractivity contribution in [1.82, 2.24) is 0 Å². The van der Waals surface area contributed by atoms with Crippen LogP contribution in [-0.2, 0) is 11.8 Å². The van der Waals surface area contributed by atoms with Gasteiger partial charge in [-0.25, -0.2) is 0 Å². The van der Waals surface area contributed by atoms with Gasteiger partial charge in [-0.05, 0) is 28.7 Å². The second-order valence-electron chi connectivity index (χ2n) is 5.89. The number of hydrogen-bond acceptors (Lipinski definition) is 1. The highest BCUT2D eigenvalue weighted by Crippen LogP contribution is 2.32. The molecule has 102 valence electrons. The van der Waals surface area contributed by atoms with E-state index < -0.39 is 0 Å². The summed E-state index contributed by atoms with van der Waals surface area (Å²) in [6.45, 7) is 8.70. The number of halogens is 1. The minimum Gasteiger partial charge on any atom is -0.464 e. The molecule has 0 saturated heterocycles. The number of hydrogen-bond donors (Lipinski definition) is 0. The molecule has 2 aromatic rings. The highest BCUT2D eigenvalue weighted by molar-refractivity contribution is 6.22. The Balaban J connectivity index is 2.22. The van der Waals surface area contributed by atoms with E-state index in [1.165, 1.54) is 5.56 Å². The van der Waals surface area contributed by atoms with Gasteiger partial charge in [0.05, 0.1) is 0 Å². The maximum absolute atomic E-state index is 6.47. The van der Waals surface area contributed by atoms with Crippen molar-refractivity contribution in [1.29, 1.82) is 0 Å². The molecule has 1 nitrogen and oxygen atoms in total. The lowest BCUT2D eigenvalue weighted by molar-refractivity contribution is 0.474. The topological polar surface area (TPSA) is 13.1 Å². The third-order valence-electron chi connectivity index (χ3n) is 3.35. The first-order valence-corrected chi connectivity index (χ1v) is 7.18. The van der Waals surface area contributed by atoms with Crippen molar-refractivity contribution < 1.29 is 4.42 Å². The van der Waals surface area contributed by atoms with E-state index in [1.807, 2.05) is 12.1 Å². The van der Waals surface area contributed by atoms with Gasteiger partial charge in [0.2, 0.25) is 0 Å². The Labute approximate surface area is 120 Å². The van der Waals surface area contributed by atoms with Gasteiger partial charge in [0.25, 0.3) is 0 Å². The smallest absolute Gasteiger partial charge is 0.126 e. The average Bonchev–Trinajstić information content (AvgIpc) is 2.86. The Kier molecular flexibility index (Phi) is 4.05. The normalized spacial score (nSPS) is 13.5. The summed E-state index contributed by atoms with van der Waals surface area (Å²) in [5.74, 6) is 1.80. The Morgan fingerprint density at radius 3 is 2.16 bits per heavy atom. The summed E-state index contributed by atoms with van der Waals surface area (Å²) in [7, 11) is 0. The van der Waals surface area contributed by atoms with E-state index in [1.54, 1.807) is 0 Å². The van der Waals surface area contributed by atoms with E-state index in [0.29, 0.717) is 0 Å². The molecule has 1 aromatic carbocycles. The molecule has 1 atom stereocenters. The Morgan fingerprint density at radius 1 is 1.05 bits per heavy atom. The van der Waals surface area contributed by atoms with Crippen molar-refractivity contribution in [3.05, 3.63) is 59.0 Å². The summed E-state index contributed by atoms with van der Waals surface area (Å²) in [5, 5.41) is -0.214. The fraction of sp³-hybridized carbons (Fsp3) is 0.412. The van der Waals surface area contributed by atoms with Crippen molar-refractivity contribution >= 4 is 11.6 Å². The average molecular weight is 277 g/mol. The Hall–Kier alpha value is -1.21. The van der Waals surface area contributed by atoms with Gasteiger partial charge >= 0.3 is 0 Å². The predicted molar refractivity (Wildman–Crippen MR) is 80.9 cm³/mol. The monoisotopic (exact) mass is 276 g/mol. The predicted octanol–water partition coefficient (Wildman–Crippen LogP) is 5.47. The maximum Gasteiger partial charge on any atom is 0.126 e. The van der Waals surface area contributed by atoms with Crippen molar-refractivity contribution in [2.45, 2.75) is 44.9 Å². The zero-order chi connectivity index (χ0) is 14.0. The molecular weight excluding hydrogens is 256 g/mol. The summed E-state index contributed by atoms with van der Waals surface area (Å²) in [5.41, 5.74) is 2.56. The minimum absolute atomic E-state index is 0.167. The van der Waals surface area contributed by atoms with Crippen LogP contribution in [0, 0.1) is 0 Å². The fourth-order valence-corrected chi connectivity index (χ4v) is 2.30. The fourth-order valence-electron chi connectivity index (χ4n) is 2.04. The van der Waals surface area contributed by atoms with Gasteiger partial charge in [-0.2, -0.15) is 0 Å². The number of alkyl halides is 1. The molecule has 0 saturated carbocycles. The van der Waals surface area contributed by atoms with E-state index in [0.717, 1.165) is 23.5 Å². The SMILES string of the molecule is CCc1ccc(C(Cl)c2ccc(C(C)(C)C)cc2)o1. The van der Waals surface area contributed by atoms with Crippen LogP contribution in [0.15, 0.2) is 40.8 Å². The number of aryl methyl sites for hydroxylation is 1. The summed E-state index contributed by atoms with van der Waals surface area (Å²) >= 11 is 6.47. The molecule has 1 unspecified atom stereocenters. The molecule has 0 aliphatic rings. The van der Waals surface area contributed by atoms with Crippen molar-refractivity contribution in [2.75, 3.05) is 0 Å². The lowest BCUT2D eigenvalue weighted by Crippen LogP contribution is -2.10. The third-order valence-corrected chi connectivity index (χ3v) is 3.82. The van der Waals surface area contributed by atoms with Gasteiger partial charge in [-0.3, -0.25) is 0 Å². The third kappa shape index (κ3) is 3.22. The van der Waals surface area contributed by atoms with Crippen LogP contribution in [0.4, 0.5) is 0 Å². The number of benzene rings is 1. The molecule has 1 aromatic heterocycles. The van der Waals surface area contributed by atoms with E-state index in [2.05, 4.69) is 52.0 Å². The van der Waals surface area contributed by atoms with Crippen molar-refractivity contribution in [3.63, 3.8) is 0 Å². The maximum atomic E-state index is 6.47. The zero-order valence-corrected chi connectivity index (χ0v) is 12.8. The van der Waals surface area contributed by atoms with Crippen LogP contribution in [0.3, 0.4) is 0 Å². The molecule has 0 N–H and O–H groups in total. The summed E-state index contributed by atoms with van der Waals surface area (Å²) < 4.78 is 5.71. The quantitative estimate of drug-likeness (QED) is 0.678. The minimum atomic E-state index is -0.214. The van der Waals surface area contributed by atoms with Crippen LogP contribution in [-0.4, -0.2) is 0 Å². The van der Waals surface area contributed by atoms with Gasteiger partial charge in [-0.1, -0.05) is 52.0 Å². The second-order valence-corrected chi connectivity index (χ2v) is 6.33. The second kappa shape index (κ2) is 5.42. The Bertz CT molecular complexity index is 531. The molecule has 0 bridgehead atoms. The first-order valence-electron chi connectivity index (χ1n) is 6.75. The summed E-state index contributed by atoms with van der Waals surface area (Å²) in [6, 6.07) is 12.4. The Morgan fingerprint density at radius 2 is 1.68 bits per heavy atom. The first kappa shape index (κ1) is 14.2. The summed E-state index contributed by atoms with van der Waals surface area (Å²) in [4.78, 5) is 0. The van der Waals surface area contributed by atoms with Crippen LogP contribution >= 0.6 is 11.6 Å². The highest BCUT2D eigenvalue weighted by Gasteiger charge is 2.17. The molecule has 2 heteroatoms. The summed E-state index contributed by atoms with van der Waals surface area (Å²) in [6.07, 6.45) is 0.895. The van der Waals surface area contributed by atoms with Gasteiger partial charge < -0.3 is 4.42 Å². The van der Waals surface area contributed by atoms with E-state index >= 15 is 0 Å². The molecule has 0 amide bonds. The van der Waals surface area contributed by atoms with E-state index in [4.69, 9.17) is 16.0 Å². The molecule has 1 heterocycles. The molecule has 0 radical (unpaired) electrons. The van der Waals surface area contributed by atoms with Crippen molar-refractivity contribution in [2.24, 2.45) is 0 Å². The molecule has 0 fully saturated rings. The molecular formula is C17H21ClO. The zero-order valence-electron chi connectivity index (χ0n) is 12.0. The molecule has 2 rings (SSSR count). The number of rotatable bonds is 3. The van der Waals surface area contributed by atoms with Gasteiger partial charge in [0.15, 0.2) is 0 Å². The molecule has 0 spiro atoms. The van der Waals surface area contributed by atoms with Gasteiger partial charge in [0.1, 0.15) is 16.9 Å². The van der Waals surface area contributed by atoms with E-state index in [9.17, 15) is 0 Å². The molecule has 19 heavy (non-hydrogen) atoms. The van der Waals surface area contributed by atoms with Crippen LogP contribution in [0.25, 0.3) is 0 Å². The largest absolute Gasteiger partial charge is 0.464 e. The molecule has 0 aliphatic carbocycles. The lowest BCUT2D eigenvalue weighted by atomic mass is 9.86. The van der Waals surface area contributed by atoms with Gasteiger partial charge in [0, 0.05) is 6.42 Å². The van der Waals surface area contributed by atoms with Crippen LogP contribution < -0.4 is 0 Å². The first-order chi connectivity index (χ1) is 8.91. The lowest BCUT2D eigenvalue weighted by Gasteiger charge is -2.19. The van der Waals surface area contributed by atoms with Crippen molar-refractivity contribution in [3.8, 4) is 0 Å². The van der Waals surface area contributed by atoms with Crippen LogP contribution in [0.5, 0.6) is 0 Å². The standard InChI is InChI=1S/C17H21ClO/c1-5-14-10-11-15(19-14)16(18)12-6-8-13(9-7-12)17(2,3)4/h6-11,16H,5H2,1-4H3.